The normalized spacial score (nSPS) is 11.6. The number of hydrogen-bond acceptors (Lipinski definition) is 5. The smallest absolute Gasteiger partial charge is 0.125 e. The zero-order chi connectivity index (χ0) is 22.5. The van der Waals surface area contributed by atoms with Crippen LogP contribution in [0.15, 0.2) is 53.7 Å². The number of benzene rings is 2. The Balaban J connectivity index is 1.70. The largest absolute Gasteiger partial charge is 0.494 e. The lowest BCUT2D eigenvalue weighted by Gasteiger charge is -2.14. The number of allylic oxidation sites excluding steroid dienone is 1. The summed E-state index contributed by atoms with van der Waals surface area (Å²) in [5.41, 5.74) is 4.03. The van der Waals surface area contributed by atoms with Gasteiger partial charge in [0.25, 0.3) is 0 Å². The zero-order valence-corrected chi connectivity index (χ0v) is 19.4. The minimum Gasteiger partial charge on any atom is -0.494 e. The molecule has 0 aromatic heterocycles. The maximum absolute atomic E-state index is 6.04. The van der Waals surface area contributed by atoms with Crippen molar-refractivity contribution < 1.29 is 19.0 Å². The molecule has 0 fully saturated rings. The average molecular weight is 426 g/mol. The van der Waals surface area contributed by atoms with E-state index in [2.05, 4.69) is 19.0 Å². The Morgan fingerprint density at radius 1 is 0.903 bits per heavy atom. The number of rotatable bonds is 13. The highest BCUT2D eigenvalue weighted by atomic mass is 16.6. The second-order valence-corrected chi connectivity index (χ2v) is 7.41. The van der Waals surface area contributed by atoms with E-state index in [1.807, 2.05) is 62.4 Å². The fraction of sp³-hybridized carbons (Fsp3) is 0.423. The molecule has 0 spiro atoms. The Kier molecular flexibility index (Phi) is 10.5. The van der Waals surface area contributed by atoms with E-state index in [-0.39, 0.29) is 0 Å². The third-order valence-corrected chi connectivity index (χ3v) is 4.80. The molecule has 0 unspecified atom stereocenters. The van der Waals surface area contributed by atoms with Crippen LogP contribution in [-0.4, -0.2) is 32.6 Å². The molecular formula is C26H35NO4. The van der Waals surface area contributed by atoms with Gasteiger partial charge in [0.1, 0.15) is 31.0 Å². The van der Waals surface area contributed by atoms with Gasteiger partial charge in [0, 0.05) is 5.56 Å². The summed E-state index contributed by atoms with van der Waals surface area (Å²) in [6, 6.07) is 12.0. The molecule has 0 amide bonds. The van der Waals surface area contributed by atoms with Gasteiger partial charge in [-0.2, -0.15) is 0 Å². The van der Waals surface area contributed by atoms with Gasteiger partial charge in [-0.1, -0.05) is 29.4 Å². The number of aryl methyl sites for hydroxylation is 2. The summed E-state index contributed by atoms with van der Waals surface area (Å²) in [5, 5.41) is 3.96. The first-order chi connectivity index (χ1) is 15.0. The summed E-state index contributed by atoms with van der Waals surface area (Å²) in [7, 11) is 1.55. The highest BCUT2D eigenvalue weighted by molar-refractivity contribution is 5.98. The number of unbranched alkanes of at least 4 members (excludes halogenated alkanes) is 2. The van der Waals surface area contributed by atoms with E-state index in [0.717, 1.165) is 58.9 Å². The Bertz CT molecular complexity index is 850. The first-order valence-electron chi connectivity index (χ1n) is 10.8. The molecule has 0 radical (unpaired) electrons. The molecule has 0 bridgehead atoms. The summed E-state index contributed by atoms with van der Waals surface area (Å²) in [6.45, 7) is 9.99. The predicted molar refractivity (Wildman–Crippen MR) is 127 cm³/mol. The van der Waals surface area contributed by atoms with Gasteiger partial charge in [0.15, 0.2) is 0 Å². The summed E-state index contributed by atoms with van der Waals surface area (Å²) in [5.74, 6) is 2.69. The molecule has 0 aliphatic rings. The number of hydrogen-bond donors (Lipinski definition) is 0. The second-order valence-electron chi connectivity index (χ2n) is 7.41. The van der Waals surface area contributed by atoms with Crippen LogP contribution in [0.3, 0.4) is 0 Å². The third kappa shape index (κ3) is 8.36. The van der Waals surface area contributed by atoms with Gasteiger partial charge < -0.3 is 19.0 Å². The van der Waals surface area contributed by atoms with E-state index in [4.69, 9.17) is 19.0 Å². The van der Waals surface area contributed by atoms with Crippen molar-refractivity contribution >= 4 is 5.71 Å². The van der Waals surface area contributed by atoms with Crippen molar-refractivity contribution in [2.24, 2.45) is 5.16 Å². The van der Waals surface area contributed by atoms with Gasteiger partial charge in [-0.3, -0.25) is 0 Å². The highest BCUT2D eigenvalue weighted by Crippen LogP contribution is 2.28. The van der Waals surface area contributed by atoms with E-state index in [1.54, 1.807) is 7.11 Å². The third-order valence-electron chi connectivity index (χ3n) is 4.80. The number of ether oxygens (including phenoxy) is 3. The van der Waals surface area contributed by atoms with Crippen LogP contribution in [0, 0.1) is 13.8 Å². The van der Waals surface area contributed by atoms with Crippen LogP contribution in [0.2, 0.25) is 0 Å². The van der Waals surface area contributed by atoms with E-state index in [9.17, 15) is 0 Å². The zero-order valence-electron chi connectivity index (χ0n) is 19.4. The molecule has 0 N–H and O–H groups in total. The average Bonchev–Trinajstić information content (AvgIpc) is 2.75. The first kappa shape index (κ1) is 24.3. The van der Waals surface area contributed by atoms with E-state index >= 15 is 0 Å². The molecule has 0 heterocycles. The quantitative estimate of drug-likeness (QED) is 0.165. The van der Waals surface area contributed by atoms with Crippen LogP contribution >= 0.6 is 0 Å². The summed E-state index contributed by atoms with van der Waals surface area (Å²) in [6.07, 6.45) is 6.99. The van der Waals surface area contributed by atoms with Gasteiger partial charge in [-0.15, -0.1) is 0 Å². The Hall–Kier alpha value is -2.95. The van der Waals surface area contributed by atoms with Gasteiger partial charge in [-0.05, 0) is 82.3 Å². The van der Waals surface area contributed by atoms with Crippen molar-refractivity contribution in [3.05, 3.63) is 65.2 Å². The Labute approximate surface area is 186 Å². The molecule has 0 aliphatic heterocycles. The lowest BCUT2D eigenvalue weighted by molar-refractivity contribution is 0.213. The van der Waals surface area contributed by atoms with Crippen LogP contribution < -0.4 is 14.2 Å². The fourth-order valence-electron chi connectivity index (χ4n) is 3.21. The van der Waals surface area contributed by atoms with Crippen molar-refractivity contribution in [3.8, 4) is 17.2 Å². The molecule has 2 rings (SSSR count). The van der Waals surface area contributed by atoms with Gasteiger partial charge in [-0.25, -0.2) is 0 Å². The number of oxime groups is 1. The molecule has 0 saturated carbocycles. The summed E-state index contributed by atoms with van der Waals surface area (Å²) in [4.78, 5) is 4.83. The molecule has 168 valence electrons. The molecule has 2 aromatic carbocycles. The Morgan fingerprint density at radius 2 is 1.61 bits per heavy atom. The molecule has 0 saturated heterocycles. The lowest BCUT2D eigenvalue weighted by Crippen LogP contribution is -2.04. The minimum atomic E-state index is 0.586. The van der Waals surface area contributed by atoms with Crippen molar-refractivity contribution in [2.45, 2.75) is 47.0 Å². The standard InChI is InChI=1S/C26H35NO4/c1-6-7-14-30-25-17-20(2)26(21(3)18-25)31-16-10-8-9-15-29-24-13-11-12-23(19-24)22(4)27-28-5/h6-7,11-13,17-19H,8-10,14-16H2,1-5H3/b7-6+,27-22?. The van der Waals surface area contributed by atoms with Crippen LogP contribution in [-0.2, 0) is 4.84 Å². The van der Waals surface area contributed by atoms with Crippen LogP contribution in [0.25, 0.3) is 0 Å². The van der Waals surface area contributed by atoms with Crippen molar-refractivity contribution in [1.29, 1.82) is 0 Å². The van der Waals surface area contributed by atoms with Crippen molar-refractivity contribution in [2.75, 3.05) is 26.9 Å². The number of nitrogens with zero attached hydrogens (tertiary/aromatic N) is 1. The molecular weight excluding hydrogens is 390 g/mol. The molecule has 5 heteroatoms. The molecule has 5 nitrogen and oxygen atoms in total. The van der Waals surface area contributed by atoms with Crippen LogP contribution in [0.1, 0.15) is 49.8 Å². The second kappa shape index (κ2) is 13.4. The van der Waals surface area contributed by atoms with Gasteiger partial charge in [0.2, 0.25) is 0 Å². The topological polar surface area (TPSA) is 49.3 Å². The summed E-state index contributed by atoms with van der Waals surface area (Å²) >= 11 is 0. The van der Waals surface area contributed by atoms with Crippen LogP contribution in [0.4, 0.5) is 0 Å². The molecule has 0 atom stereocenters. The first-order valence-corrected chi connectivity index (χ1v) is 10.8. The highest BCUT2D eigenvalue weighted by Gasteiger charge is 2.07. The predicted octanol–water partition coefficient (Wildman–Crippen LogP) is 6.26. The van der Waals surface area contributed by atoms with Gasteiger partial charge in [0.05, 0.1) is 18.9 Å². The Morgan fingerprint density at radius 3 is 2.29 bits per heavy atom. The lowest BCUT2D eigenvalue weighted by atomic mass is 10.1. The van der Waals surface area contributed by atoms with Crippen molar-refractivity contribution in [3.63, 3.8) is 0 Å². The maximum atomic E-state index is 6.04. The SMILES string of the molecule is C/C=C/COc1cc(C)c(OCCCCCOc2cccc(C(C)=NOC)c2)c(C)c1. The van der Waals surface area contributed by atoms with Crippen molar-refractivity contribution in [1.82, 2.24) is 0 Å². The van der Waals surface area contributed by atoms with E-state index in [1.165, 1.54) is 0 Å². The van der Waals surface area contributed by atoms with E-state index in [0.29, 0.717) is 19.8 Å². The van der Waals surface area contributed by atoms with Gasteiger partial charge >= 0.3 is 0 Å². The fourth-order valence-corrected chi connectivity index (χ4v) is 3.21. The van der Waals surface area contributed by atoms with Crippen LogP contribution in [0.5, 0.6) is 17.2 Å². The molecule has 2 aromatic rings. The summed E-state index contributed by atoms with van der Waals surface area (Å²) < 4.78 is 17.7. The molecule has 0 aliphatic carbocycles. The minimum absolute atomic E-state index is 0.586. The molecule has 31 heavy (non-hydrogen) atoms. The maximum Gasteiger partial charge on any atom is 0.125 e. The van der Waals surface area contributed by atoms with E-state index < -0.39 is 0 Å². The monoisotopic (exact) mass is 425 g/mol.